The van der Waals surface area contributed by atoms with Crippen LogP contribution >= 0.6 is 11.6 Å². The van der Waals surface area contributed by atoms with Crippen LogP contribution in [0.4, 0.5) is 17.2 Å². The van der Waals surface area contributed by atoms with E-state index in [0.29, 0.717) is 18.0 Å². The van der Waals surface area contributed by atoms with Gasteiger partial charge in [0.25, 0.3) is 0 Å². The number of nitrogens with one attached hydrogen (secondary N) is 2. The molecule has 0 aliphatic rings. The van der Waals surface area contributed by atoms with Crippen molar-refractivity contribution < 1.29 is 5.11 Å². The molecule has 0 unspecified atom stereocenters. The summed E-state index contributed by atoms with van der Waals surface area (Å²) in [5.74, 6) is 0.760. The Kier molecular flexibility index (Phi) is 5.77. The zero-order valence-corrected chi connectivity index (χ0v) is 14.2. The van der Waals surface area contributed by atoms with E-state index in [-0.39, 0.29) is 6.61 Å². The third-order valence-electron chi connectivity index (χ3n) is 3.49. The number of aliphatic hydroxyl groups excluding tert-OH is 1. The Hall–Kier alpha value is -2.70. The van der Waals surface area contributed by atoms with Gasteiger partial charge in [0.05, 0.1) is 17.6 Å². The van der Waals surface area contributed by atoms with E-state index in [1.807, 2.05) is 36.4 Å². The molecule has 0 radical (unpaired) electrons. The molecule has 0 aliphatic heterocycles. The van der Waals surface area contributed by atoms with Gasteiger partial charge in [-0.15, -0.1) is 0 Å². The predicted octanol–water partition coefficient (Wildman–Crippen LogP) is 3.73. The average Bonchev–Trinajstić information content (AvgIpc) is 2.63. The first-order valence-corrected chi connectivity index (χ1v) is 8.28. The number of pyridine rings is 1. The molecule has 7 heteroatoms. The fourth-order valence-electron chi connectivity index (χ4n) is 2.31. The van der Waals surface area contributed by atoms with Crippen molar-refractivity contribution in [2.24, 2.45) is 0 Å². The van der Waals surface area contributed by atoms with Crippen LogP contribution < -0.4 is 10.6 Å². The maximum Gasteiger partial charge on any atom is 0.125 e. The highest BCUT2D eigenvalue weighted by Crippen LogP contribution is 2.28. The maximum atomic E-state index is 8.82. The average molecular weight is 356 g/mol. The van der Waals surface area contributed by atoms with E-state index in [1.165, 1.54) is 6.33 Å². The first-order chi connectivity index (χ1) is 12.3. The van der Waals surface area contributed by atoms with Gasteiger partial charge in [0.15, 0.2) is 0 Å². The molecule has 128 valence electrons. The van der Waals surface area contributed by atoms with Crippen LogP contribution in [0.5, 0.6) is 0 Å². The van der Waals surface area contributed by atoms with Crippen LogP contribution in [0.25, 0.3) is 11.3 Å². The monoisotopic (exact) mass is 355 g/mol. The smallest absolute Gasteiger partial charge is 0.125 e. The number of hydrogen-bond donors (Lipinski definition) is 3. The SMILES string of the molecule is OCCCNc1ccc(-c2ncncc2Nc2cccc(Cl)c2)cn1. The molecule has 0 spiro atoms. The number of aliphatic hydroxyl groups is 1. The highest BCUT2D eigenvalue weighted by molar-refractivity contribution is 6.30. The third kappa shape index (κ3) is 4.65. The van der Waals surface area contributed by atoms with Gasteiger partial charge in [0.1, 0.15) is 12.1 Å². The lowest BCUT2D eigenvalue weighted by Crippen LogP contribution is -2.04. The topological polar surface area (TPSA) is 83.0 Å². The molecule has 0 atom stereocenters. The summed E-state index contributed by atoms with van der Waals surface area (Å²) in [5, 5.41) is 15.9. The van der Waals surface area contributed by atoms with Gasteiger partial charge in [0.2, 0.25) is 0 Å². The maximum absolute atomic E-state index is 8.82. The Bertz CT molecular complexity index is 826. The normalized spacial score (nSPS) is 10.5. The van der Waals surface area contributed by atoms with E-state index >= 15 is 0 Å². The summed E-state index contributed by atoms with van der Waals surface area (Å²) in [5.41, 5.74) is 3.26. The molecular weight excluding hydrogens is 338 g/mol. The second kappa shape index (κ2) is 8.41. The summed E-state index contributed by atoms with van der Waals surface area (Å²) in [6, 6.07) is 11.3. The summed E-state index contributed by atoms with van der Waals surface area (Å²) in [4.78, 5) is 12.9. The van der Waals surface area contributed by atoms with E-state index < -0.39 is 0 Å². The van der Waals surface area contributed by atoms with Crippen molar-refractivity contribution in [3.63, 3.8) is 0 Å². The molecule has 0 aliphatic carbocycles. The van der Waals surface area contributed by atoms with Gasteiger partial charge in [0, 0.05) is 35.6 Å². The number of nitrogens with zero attached hydrogens (tertiary/aromatic N) is 3. The number of hydrogen-bond acceptors (Lipinski definition) is 6. The molecule has 2 heterocycles. The quantitative estimate of drug-likeness (QED) is 0.560. The van der Waals surface area contributed by atoms with Crippen molar-refractivity contribution >= 4 is 28.8 Å². The first kappa shape index (κ1) is 17.1. The van der Waals surface area contributed by atoms with Gasteiger partial charge in [-0.1, -0.05) is 17.7 Å². The van der Waals surface area contributed by atoms with Crippen molar-refractivity contribution in [1.82, 2.24) is 15.0 Å². The largest absolute Gasteiger partial charge is 0.396 e. The predicted molar refractivity (Wildman–Crippen MR) is 100 cm³/mol. The lowest BCUT2D eigenvalue weighted by molar-refractivity contribution is 0.292. The van der Waals surface area contributed by atoms with Crippen LogP contribution in [0.1, 0.15) is 6.42 Å². The van der Waals surface area contributed by atoms with Crippen LogP contribution in [0.3, 0.4) is 0 Å². The fraction of sp³-hybridized carbons (Fsp3) is 0.167. The Balaban J connectivity index is 1.80. The van der Waals surface area contributed by atoms with Crippen LogP contribution in [0, 0.1) is 0 Å². The van der Waals surface area contributed by atoms with Gasteiger partial charge in [-0.2, -0.15) is 0 Å². The van der Waals surface area contributed by atoms with Gasteiger partial charge in [-0.25, -0.2) is 15.0 Å². The molecule has 3 rings (SSSR count). The van der Waals surface area contributed by atoms with E-state index in [0.717, 1.165) is 28.5 Å². The molecule has 3 aromatic rings. The minimum atomic E-state index is 0.157. The molecular formula is C18H18ClN5O. The molecule has 6 nitrogen and oxygen atoms in total. The summed E-state index contributed by atoms with van der Waals surface area (Å²) < 4.78 is 0. The number of aromatic nitrogens is 3. The molecule has 0 fully saturated rings. The summed E-state index contributed by atoms with van der Waals surface area (Å²) in [6.45, 7) is 0.836. The Morgan fingerprint density at radius 1 is 1.08 bits per heavy atom. The second-order valence-electron chi connectivity index (χ2n) is 5.36. The van der Waals surface area contributed by atoms with Crippen molar-refractivity contribution in [3.8, 4) is 11.3 Å². The molecule has 25 heavy (non-hydrogen) atoms. The number of rotatable bonds is 7. The van der Waals surface area contributed by atoms with E-state index in [9.17, 15) is 0 Å². The number of benzene rings is 1. The lowest BCUT2D eigenvalue weighted by atomic mass is 10.1. The zero-order valence-electron chi connectivity index (χ0n) is 13.5. The molecule has 0 saturated heterocycles. The molecule has 3 N–H and O–H groups in total. The minimum absolute atomic E-state index is 0.157. The first-order valence-electron chi connectivity index (χ1n) is 7.90. The zero-order chi connectivity index (χ0) is 17.5. The highest BCUT2D eigenvalue weighted by atomic mass is 35.5. The van der Waals surface area contributed by atoms with Gasteiger partial charge < -0.3 is 15.7 Å². The Morgan fingerprint density at radius 2 is 2.00 bits per heavy atom. The number of halogens is 1. The van der Waals surface area contributed by atoms with Gasteiger partial charge >= 0.3 is 0 Å². The standard InChI is InChI=1S/C18H18ClN5O/c19-14-3-1-4-15(9-14)24-16-11-20-12-23-18(16)13-5-6-17(22-10-13)21-7-2-8-25/h1,3-6,9-12,24-25H,2,7-8H2,(H,21,22). The molecule has 0 saturated carbocycles. The van der Waals surface area contributed by atoms with Crippen LogP contribution in [0.15, 0.2) is 55.1 Å². The van der Waals surface area contributed by atoms with E-state index in [4.69, 9.17) is 16.7 Å². The summed E-state index contributed by atoms with van der Waals surface area (Å²) >= 11 is 6.03. The molecule has 0 amide bonds. The molecule has 1 aromatic carbocycles. The van der Waals surface area contributed by atoms with Gasteiger partial charge in [-0.3, -0.25) is 0 Å². The van der Waals surface area contributed by atoms with Crippen LogP contribution in [0.2, 0.25) is 5.02 Å². The third-order valence-corrected chi connectivity index (χ3v) is 3.73. The van der Waals surface area contributed by atoms with Crippen molar-refractivity contribution in [2.45, 2.75) is 6.42 Å². The Morgan fingerprint density at radius 3 is 2.76 bits per heavy atom. The van der Waals surface area contributed by atoms with E-state index in [2.05, 4.69) is 25.6 Å². The van der Waals surface area contributed by atoms with Crippen LogP contribution in [-0.4, -0.2) is 33.2 Å². The van der Waals surface area contributed by atoms with E-state index in [1.54, 1.807) is 12.4 Å². The van der Waals surface area contributed by atoms with Gasteiger partial charge in [-0.05, 0) is 36.8 Å². The fourth-order valence-corrected chi connectivity index (χ4v) is 2.50. The van der Waals surface area contributed by atoms with Crippen molar-refractivity contribution in [3.05, 3.63) is 60.1 Å². The van der Waals surface area contributed by atoms with Crippen molar-refractivity contribution in [1.29, 1.82) is 0 Å². The summed E-state index contributed by atoms with van der Waals surface area (Å²) in [7, 11) is 0. The molecule has 0 bridgehead atoms. The lowest BCUT2D eigenvalue weighted by Gasteiger charge is -2.11. The number of anilines is 3. The van der Waals surface area contributed by atoms with Crippen molar-refractivity contribution in [2.75, 3.05) is 23.8 Å². The summed E-state index contributed by atoms with van der Waals surface area (Å²) in [6.07, 6.45) is 5.67. The minimum Gasteiger partial charge on any atom is -0.396 e. The van der Waals surface area contributed by atoms with Crippen LogP contribution in [-0.2, 0) is 0 Å². The highest BCUT2D eigenvalue weighted by Gasteiger charge is 2.08. The Labute approximate surface area is 150 Å². The second-order valence-corrected chi connectivity index (χ2v) is 5.79. The molecule has 2 aromatic heterocycles.